The third-order valence-electron chi connectivity index (χ3n) is 15.8. The molecular formula is C56H97N17O15. The van der Waals surface area contributed by atoms with Crippen molar-refractivity contribution in [3.05, 3.63) is 0 Å². The van der Waals surface area contributed by atoms with Crippen LogP contribution in [0.1, 0.15) is 150 Å². The highest BCUT2D eigenvalue weighted by Gasteiger charge is 2.44. The highest BCUT2D eigenvalue weighted by Crippen LogP contribution is 2.25. The average molecular weight is 1250 g/mol. The van der Waals surface area contributed by atoms with Crippen molar-refractivity contribution in [1.29, 1.82) is 5.41 Å². The maximum Gasteiger partial charge on any atom is 0.326 e. The van der Waals surface area contributed by atoms with E-state index in [2.05, 4.69) is 42.5 Å². The first-order valence-electron chi connectivity index (χ1n) is 30.5. The minimum Gasteiger partial charge on any atom is -0.481 e. The molecule has 3 fully saturated rings. The van der Waals surface area contributed by atoms with Gasteiger partial charge in [0.25, 0.3) is 0 Å². The number of hydrogen-bond donors (Lipinski definition) is 16. The van der Waals surface area contributed by atoms with E-state index in [-0.39, 0.29) is 116 Å². The first-order valence-corrected chi connectivity index (χ1v) is 30.5. The molecule has 11 amide bonds. The number of unbranched alkanes of at least 4 members (excludes halogenated alkanes) is 2. The number of amides is 11. The summed E-state index contributed by atoms with van der Waals surface area (Å²) in [5.74, 6) is -11.9. The molecule has 3 aliphatic rings. The molecule has 0 spiro atoms. The lowest BCUT2D eigenvalue weighted by Gasteiger charge is -2.33. The number of likely N-dealkylation sites (tertiary alicyclic amines) is 3. The van der Waals surface area contributed by atoms with E-state index in [0.717, 1.165) is 0 Å². The predicted octanol–water partition coefficient (Wildman–Crippen LogP) is -4.25. The number of carbonyl (C=O) groups is 13. The summed E-state index contributed by atoms with van der Waals surface area (Å²) in [6.07, 6.45) is 2.50. The van der Waals surface area contributed by atoms with Crippen molar-refractivity contribution < 1.29 is 72.5 Å². The number of carbonyl (C=O) groups excluding carboxylic acids is 11. The number of carboxylic acids is 2. The third kappa shape index (κ3) is 23.4. The zero-order chi connectivity index (χ0) is 65.9. The van der Waals surface area contributed by atoms with Gasteiger partial charge in [-0.25, -0.2) is 4.79 Å². The Bertz CT molecular complexity index is 2470. The van der Waals surface area contributed by atoms with Gasteiger partial charge in [0.1, 0.15) is 60.4 Å². The van der Waals surface area contributed by atoms with Gasteiger partial charge in [-0.05, 0) is 135 Å². The highest BCUT2D eigenvalue weighted by molar-refractivity contribution is 5.99. The van der Waals surface area contributed by atoms with Crippen LogP contribution in [0.5, 0.6) is 0 Å². The maximum absolute atomic E-state index is 14.6. The molecule has 0 aliphatic carbocycles. The summed E-state index contributed by atoms with van der Waals surface area (Å²) in [6.45, 7) is 8.92. The zero-order valence-corrected chi connectivity index (χ0v) is 51.4. The molecule has 21 N–H and O–H groups in total. The second-order valence-electron chi connectivity index (χ2n) is 23.4. The van der Waals surface area contributed by atoms with Crippen LogP contribution < -0.4 is 71.2 Å². The van der Waals surface area contributed by atoms with E-state index in [9.17, 15) is 67.4 Å². The topological polar surface area (TPSA) is 522 Å². The number of hydrogen-bond acceptors (Lipinski definition) is 17. The molecule has 0 bridgehead atoms. The Morgan fingerprint density at radius 1 is 0.489 bits per heavy atom. The Labute approximate surface area is 513 Å². The standard InChI is InChI=1S/C56H97N17O15/c1-30(2)43(69-51(83)40-19-11-27-71(40)52(84)33(59)20-23-42(75)76)54(86)73-29-13-18-39(73)50(82)67-36(21-22-41(60)74)46(78)64-32(5)45(77)68-37(15-7-9-25-58)53(85)72-28-12-17-38(72)49(81)66-35(16-10-26-63-56(61)62)47(79)65-34(14-6-8-24-57)48(80)70-44(31(3)4)55(87)88/h30-40,43-44H,6-29,57-59H2,1-5H3,(H2,60,74)(H,64,78)(H,65,79)(H,66,81)(H,67,82)(H,68,77)(H,69,83)(H,70,80)(H,75,76)(H,87,88)(H4,61,62,63)/t32-,33-,34-,35-,36-,37-,38-,39-,40-,43-,44-/m0/s1. The van der Waals surface area contributed by atoms with E-state index >= 15 is 0 Å². The lowest BCUT2D eigenvalue weighted by Crippen LogP contribution is -2.60. The Balaban J connectivity index is 1.79. The van der Waals surface area contributed by atoms with Gasteiger partial charge in [-0.3, -0.25) is 62.9 Å². The minimum atomic E-state index is -1.48. The van der Waals surface area contributed by atoms with Crippen LogP contribution in [-0.2, 0) is 62.3 Å². The van der Waals surface area contributed by atoms with Gasteiger partial charge in [-0.2, -0.15) is 0 Å². The molecule has 3 rings (SSSR count). The van der Waals surface area contributed by atoms with Crippen LogP contribution in [0, 0.1) is 17.2 Å². The van der Waals surface area contributed by atoms with Gasteiger partial charge >= 0.3 is 11.9 Å². The Kier molecular flexibility index (Phi) is 31.5. The molecule has 0 unspecified atom stereocenters. The fraction of sp³-hybridized carbons (Fsp3) is 0.750. The molecule has 496 valence electrons. The fourth-order valence-corrected chi connectivity index (χ4v) is 10.8. The molecule has 3 saturated heterocycles. The van der Waals surface area contributed by atoms with E-state index in [1.807, 2.05) is 0 Å². The van der Waals surface area contributed by atoms with Crippen molar-refractivity contribution in [2.75, 3.05) is 39.3 Å². The van der Waals surface area contributed by atoms with Crippen molar-refractivity contribution in [1.82, 2.24) is 57.2 Å². The molecule has 0 saturated carbocycles. The average Bonchev–Trinajstić information content (AvgIpc) is 2.40. The van der Waals surface area contributed by atoms with Crippen molar-refractivity contribution in [3.63, 3.8) is 0 Å². The van der Waals surface area contributed by atoms with Gasteiger partial charge in [0, 0.05) is 39.0 Å². The van der Waals surface area contributed by atoms with Gasteiger partial charge in [-0.15, -0.1) is 0 Å². The number of primary amides is 1. The van der Waals surface area contributed by atoms with Crippen LogP contribution in [-0.4, -0.2) is 214 Å². The summed E-state index contributed by atoms with van der Waals surface area (Å²) in [7, 11) is 0. The van der Waals surface area contributed by atoms with E-state index in [1.54, 1.807) is 27.7 Å². The van der Waals surface area contributed by atoms with Crippen LogP contribution in [0.25, 0.3) is 0 Å². The first kappa shape index (κ1) is 74.5. The summed E-state index contributed by atoms with van der Waals surface area (Å²) < 4.78 is 0. The van der Waals surface area contributed by atoms with E-state index < -0.39 is 155 Å². The Hall–Kier alpha value is -7.74. The Morgan fingerprint density at radius 3 is 1.40 bits per heavy atom. The van der Waals surface area contributed by atoms with Crippen LogP contribution in [0.2, 0.25) is 0 Å². The van der Waals surface area contributed by atoms with Gasteiger partial charge in [0.05, 0.1) is 6.04 Å². The largest absolute Gasteiger partial charge is 0.481 e. The van der Waals surface area contributed by atoms with Gasteiger partial charge in [-0.1, -0.05) is 27.7 Å². The number of guanidine groups is 1. The van der Waals surface area contributed by atoms with Gasteiger partial charge in [0.15, 0.2) is 5.96 Å². The summed E-state index contributed by atoms with van der Waals surface area (Å²) >= 11 is 0. The van der Waals surface area contributed by atoms with E-state index in [1.165, 1.54) is 21.6 Å². The quantitative estimate of drug-likeness (QED) is 0.0158. The lowest BCUT2D eigenvalue weighted by atomic mass is 10.0. The second-order valence-corrected chi connectivity index (χ2v) is 23.4. The van der Waals surface area contributed by atoms with Crippen molar-refractivity contribution in [2.45, 2.75) is 217 Å². The number of nitrogens with one attached hydrogen (secondary N) is 9. The molecular weight excluding hydrogens is 1150 g/mol. The molecule has 0 aromatic rings. The van der Waals surface area contributed by atoms with Crippen molar-refractivity contribution >= 4 is 82.9 Å². The normalized spacial score (nSPS) is 19.2. The lowest BCUT2D eigenvalue weighted by molar-refractivity contribution is -0.145. The van der Waals surface area contributed by atoms with Gasteiger partial charge in [0.2, 0.25) is 65.0 Å². The van der Waals surface area contributed by atoms with Crippen LogP contribution in [0.15, 0.2) is 0 Å². The SMILES string of the molecule is CC(C)[C@H](NC(=O)[C@H](CCCCN)NC(=O)[C@H](CCCNC(=N)N)NC(=O)[C@@H]1CCCN1C(=O)[C@H](CCCCN)NC(=O)[C@H](C)NC(=O)[C@H](CCC(N)=O)NC(=O)[C@@H]1CCCN1C(=O)[C@@H](NC(=O)[C@@H]1CCCN1C(=O)[C@@H](N)CCC(=O)O)C(C)C)C(=O)O. The molecule has 32 nitrogen and oxygen atoms in total. The number of rotatable bonds is 38. The highest BCUT2D eigenvalue weighted by atomic mass is 16.4. The van der Waals surface area contributed by atoms with Crippen LogP contribution >= 0.6 is 0 Å². The predicted molar refractivity (Wildman–Crippen MR) is 319 cm³/mol. The molecule has 0 radical (unpaired) electrons. The molecule has 0 aromatic carbocycles. The number of nitrogens with two attached hydrogens (primary N) is 5. The molecule has 32 heteroatoms. The second kappa shape index (κ2) is 37.2. The van der Waals surface area contributed by atoms with E-state index in [0.29, 0.717) is 44.9 Å². The zero-order valence-electron chi connectivity index (χ0n) is 51.4. The first-order chi connectivity index (χ1) is 41.5. The van der Waals surface area contributed by atoms with Crippen LogP contribution in [0.3, 0.4) is 0 Å². The molecule has 88 heavy (non-hydrogen) atoms. The Morgan fingerprint density at radius 2 is 0.920 bits per heavy atom. The summed E-state index contributed by atoms with van der Waals surface area (Å²) in [6, 6.07) is -13.5. The molecule has 3 heterocycles. The fourth-order valence-electron chi connectivity index (χ4n) is 10.8. The smallest absolute Gasteiger partial charge is 0.326 e. The molecule has 0 aromatic heterocycles. The van der Waals surface area contributed by atoms with Gasteiger partial charge < -0.3 is 96.1 Å². The maximum atomic E-state index is 14.6. The summed E-state index contributed by atoms with van der Waals surface area (Å²) in [5, 5.41) is 47.4. The monoisotopic (exact) mass is 1250 g/mol. The third-order valence-corrected chi connectivity index (χ3v) is 15.8. The van der Waals surface area contributed by atoms with Crippen molar-refractivity contribution in [2.24, 2.45) is 40.5 Å². The van der Waals surface area contributed by atoms with Crippen LogP contribution in [0.4, 0.5) is 0 Å². The number of nitrogens with zero attached hydrogens (tertiary/aromatic N) is 3. The molecule has 3 aliphatic heterocycles. The minimum absolute atomic E-state index is 0.0312. The molecule has 11 atom stereocenters. The number of aliphatic carboxylic acids is 2. The van der Waals surface area contributed by atoms with E-state index in [4.69, 9.17) is 39.2 Å². The summed E-state index contributed by atoms with van der Waals surface area (Å²) in [4.78, 5) is 179. The van der Waals surface area contributed by atoms with Crippen molar-refractivity contribution in [3.8, 4) is 0 Å². The summed E-state index contributed by atoms with van der Waals surface area (Å²) in [5.41, 5.74) is 28.4. The number of carboxylic acid groups (broad SMARTS) is 2.